The fourth-order valence-corrected chi connectivity index (χ4v) is 1.35. The molecular weight excluding hydrogens is 291 g/mol. The summed E-state index contributed by atoms with van der Waals surface area (Å²) in [7, 11) is 1.32. The molecule has 9 heteroatoms. The predicted molar refractivity (Wildman–Crippen MR) is 68.5 cm³/mol. The van der Waals surface area contributed by atoms with Gasteiger partial charge in [-0.1, -0.05) is 0 Å². The van der Waals surface area contributed by atoms with Crippen molar-refractivity contribution in [2.45, 2.75) is 19.2 Å². The number of nitrogen functional groups attached to an aromatic ring is 1. The van der Waals surface area contributed by atoms with Crippen molar-refractivity contribution in [1.82, 2.24) is 10.6 Å². The third kappa shape index (κ3) is 4.55. The van der Waals surface area contributed by atoms with Crippen molar-refractivity contribution < 1.29 is 27.5 Å². The number of benzene rings is 1. The molecule has 1 atom stereocenters. The molecule has 0 fully saturated rings. The molecule has 6 nitrogen and oxygen atoms in total. The van der Waals surface area contributed by atoms with E-state index in [0.29, 0.717) is 6.07 Å². The zero-order valence-electron chi connectivity index (χ0n) is 11.2. The molecule has 0 aliphatic carbocycles. The summed E-state index contributed by atoms with van der Waals surface area (Å²) in [6.07, 6.45) is -5.63. The van der Waals surface area contributed by atoms with Crippen LogP contribution < -0.4 is 21.1 Å². The van der Waals surface area contributed by atoms with Gasteiger partial charge in [-0.3, -0.25) is 10.1 Å². The maximum absolute atomic E-state index is 12.5. The largest absolute Gasteiger partial charge is 0.479 e. The first kappa shape index (κ1) is 16.6. The second-order valence-corrected chi connectivity index (χ2v) is 4.08. The maximum atomic E-state index is 12.5. The zero-order chi connectivity index (χ0) is 16.2. The van der Waals surface area contributed by atoms with Crippen LogP contribution in [0.25, 0.3) is 0 Å². The fourth-order valence-electron chi connectivity index (χ4n) is 1.35. The number of hydrogen-bond acceptors (Lipinski definition) is 4. The number of halogens is 3. The van der Waals surface area contributed by atoms with E-state index >= 15 is 0 Å². The standard InChI is InChI=1S/C12H14F3N3O3/c1-6(10(19)18-11(20)17-2)21-9-4-3-7(5-8(9)16)12(13,14)15/h3-6H,16H2,1-2H3,(H2,17,18,19,20). The lowest BCUT2D eigenvalue weighted by Gasteiger charge is -2.16. The zero-order valence-corrected chi connectivity index (χ0v) is 11.2. The van der Waals surface area contributed by atoms with E-state index in [-0.39, 0.29) is 11.4 Å². The average molecular weight is 305 g/mol. The average Bonchev–Trinajstić information content (AvgIpc) is 2.39. The third-order valence-electron chi connectivity index (χ3n) is 2.47. The Bertz CT molecular complexity index is 546. The van der Waals surface area contributed by atoms with Gasteiger partial charge in [-0.2, -0.15) is 13.2 Å². The van der Waals surface area contributed by atoms with Gasteiger partial charge in [0.2, 0.25) is 0 Å². The highest BCUT2D eigenvalue weighted by Crippen LogP contribution is 2.33. The number of nitrogens with two attached hydrogens (primary N) is 1. The molecule has 0 saturated heterocycles. The molecule has 1 aromatic rings. The van der Waals surface area contributed by atoms with E-state index in [4.69, 9.17) is 10.5 Å². The van der Waals surface area contributed by atoms with E-state index in [1.165, 1.54) is 14.0 Å². The van der Waals surface area contributed by atoms with Crippen molar-refractivity contribution in [3.63, 3.8) is 0 Å². The van der Waals surface area contributed by atoms with Crippen LogP contribution in [0.2, 0.25) is 0 Å². The van der Waals surface area contributed by atoms with Crippen LogP contribution in [0.4, 0.5) is 23.7 Å². The molecule has 0 aromatic heterocycles. The molecule has 4 N–H and O–H groups in total. The molecule has 0 aliphatic rings. The fraction of sp³-hybridized carbons (Fsp3) is 0.333. The molecule has 0 radical (unpaired) electrons. The van der Waals surface area contributed by atoms with E-state index < -0.39 is 29.8 Å². The second-order valence-electron chi connectivity index (χ2n) is 4.08. The van der Waals surface area contributed by atoms with E-state index in [9.17, 15) is 22.8 Å². The van der Waals surface area contributed by atoms with Gasteiger partial charge >= 0.3 is 12.2 Å². The highest BCUT2D eigenvalue weighted by molar-refractivity contribution is 5.96. The molecule has 116 valence electrons. The Balaban J connectivity index is 2.79. The van der Waals surface area contributed by atoms with Gasteiger partial charge in [0.1, 0.15) is 5.75 Å². The van der Waals surface area contributed by atoms with Gasteiger partial charge in [-0.05, 0) is 25.1 Å². The third-order valence-corrected chi connectivity index (χ3v) is 2.47. The molecule has 1 unspecified atom stereocenters. The molecule has 0 spiro atoms. The number of imide groups is 1. The van der Waals surface area contributed by atoms with E-state index in [1.54, 1.807) is 0 Å². The number of amides is 3. The quantitative estimate of drug-likeness (QED) is 0.738. The summed E-state index contributed by atoms with van der Waals surface area (Å²) < 4.78 is 42.5. The number of alkyl halides is 3. The highest BCUT2D eigenvalue weighted by Gasteiger charge is 2.31. The molecule has 1 rings (SSSR count). The van der Waals surface area contributed by atoms with Gasteiger partial charge in [0, 0.05) is 7.05 Å². The summed E-state index contributed by atoms with van der Waals surface area (Å²) in [6.45, 7) is 1.33. The number of hydrogen-bond donors (Lipinski definition) is 3. The number of urea groups is 1. The Morgan fingerprint density at radius 1 is 1.33 bits per heavy atom. The van der Waals surface area contributed by atoms with E-state index in [0.717, 1.165) is 12.1 Å². The summed E-state index contributed by atoms with van der Waals surface area (Å²) >= 11 is 0. The number of carbonyl (C=O) groups is 2. The van der Waals surface area contributed by atoms with Gasteiger partial charge in [0.25, 0.3) is 5.91 Å². The molecule has 0 heterocycles. The van der Waals surface area contributed by atoms with Gasteiger partial charge in [-0.15, -0.1) is 0 Å². The number of rotatable bonds is 3. The molecule has 3 amide bonds. The minimum atomic E-state index is -4.52. The van der Waals surface area contributed by atoms with Crippen LogP contribution in [0.3, 0.4) is 0 Å². The van der Waals surface area contributed by atoms with Crippen molar-refractivity contribution in [1.29, 1.82) is 0 Å². The molecule has 0 bridgehead atoms. The minimum absolute atomic E-state index is 0.0810. The van der Waals surface area contributed by atoms with Crippen LogP contribution >= 0.6 is 0 Å². The summed E-state index contributed by atoms with van der Waals surface area (Å²) in [4.78, 5) is 22.5. The monoisotopic (exact) mass is 305 g/mol. The first-order valence-corrected chi connectivity index (χ1v) is 5.81. The van der Waals surface area contributed by atoms with Gasteiger partial charge in [0.15, 0.2) is 6.10 Å². The smallest absolute Gasteiger partial charge is 0.416 e. The van der Waals surface area contributed by atoms with Crippen molar-refractivity contribution in [2.75, 3.05) is 12.8 Å². The van der Waals surface area contributed by atoms with E-state index in [1.807, 2.05) is 5.32 Å². The lowest BCUT2D eigenvalue weighted by Crippen LogP contribution is -2.44. The van der Waals surface area contributed by atoms with Crippen molar-refractivity contribution in [3.05, 3.63) is 23.8 Å². The van der Waals surface area contributed by atoms with Crippen LogP contribution in [0.15, 0.2) is 18.2 Å². The van der Waals surface area contributed by atoms with Crippen molar-refractivity contribution >= 4 is 17.6 Å². The first-order chi connectivity index (χ1) is 9.65. The topological polar surface area (TPSA) is 93.5 Å². The molecular formula is C12H14F3N3O3. The number of ether oxygens (including phenoxy) is 1. The Hall–Kier alpha value is -2.45. The van der Waals surface area contributed by atoms with Crippen LogP contribution in [0.1, 0.15) is 12.5 Å². The van der Waals surface area contributed by atoms with Gasteiger partial charge in [0.05, 0.1) is 11.3 Å². The molecule has 0 saturated carbocycles. The Labute approximate surface area is 118 Å². The maximum Gasteiger partial charge on any atom is 0.416 e. The van der Waals surface area contributed by atoms with Gasteiger partial charge in [-0.25, -0.2) is 4.79 Å². The molecule has 0 aliphatic heterocycles. The Kier molecular flexibility index (Phi) is 5.01. The van der Waals surface area contributed by atoms with Crippen LogP contribution in [-0.4, -0.2) is 25.1 Å². The van der Waals surface area contributed by atoms with Gasteiger partial charge < -0.3 is 15.8 Å². The lowest BCUT2D eigenvalue weighted by atomic mass is 10.2. The summed E-state index contributed by atoms with van der Waals surface area (Å²) in [5, 5.41) is 4.14. The normalized spacial score (nSPS) is 12.4. The lowest BCUT2D eigenvalue weighted by molar-refractivity contribution is -0.137. The summed E-state index contributed by atoms with van der Waals surface area (Å²) in [5.74, 6) is -0.837. The Morgan fingerprint density at radius 2 is 1.95 bits per heavy atom. The SMILES string of the molecule is CNC(=O)NC(=O)C(C)Oc1ccc(C(F)(F)F)cc1N. The molecule has 1 aromatic carbocycles. The van der Waals surface area contributed by atoms with Crippen LogP contribution in [0, 0.1) is 0 Å². The predicted octanol–water partition coefficient (Wildman–Crippen LogP) is 1.51. The second kappa shape index (κ2) is 6.33. The first-order valence-electron chi connectivity index (χ1n) is 5.81. The summed E-state index contributed by atoms with van der Waals surface area (Å²) in [5.41, 5.74) is 4.28. The molecule has 21 heavy (non-hydrogen) atoms. The number of carbonyl (C=O) groups excluding carboxylic acids is 2. The number of nitrogens with one attached hydrogen (secondary N) is 2. The van der Waals surface area contributed by atoms with E-state index in [2.05, 4.69) is 5.32 Å². The van der Waals surface area contributed by atoms with Crippen LogP contribution in [0.5, 0.6) is 5.75 Å². The van der Waals surface area contributed by atoms with Crippen molar-refractivity contribution in [2.24, 2.45) is 0 Å². The Morgan fingerprint density at radius 3 is 2.43 bits per heavy atom. The van der Waals surface area contributed by atoms with Crippen LogP contribution in [-0.2, 0) is 11.0 Å². The number of anilines is 1. The summed E-state index contributed by atoms with van der Waals surface area (Å²) in [6, 6.07) is 1.78. The minimum Gasteiger partial charge on any atom is -0.479 e. The highest BCUT2D eigenvalue weighted by atomic mass is 19.4. The van der Waals surface area contributed by atoms with Crippen molar-refractivity contribution in [3.8, 4) is 5.75 Å².